The largest absolute Gasteiger partial charge is 0.480 e. The fourth-order valence-corrected chi connectivity index (χ4v) is 4.24. The van der Waals surface area contributed by atoms with Crippen LogP contribution in [0.3, 0.4) is 0 Å². The van der Waals surface area contributed by atoms with E-state index in [2.05, 4.69) is 4.57 Å². The van der Waals surface area contributed by atoms with Gasteiger partial charge in [-0.1, -0.05) is 48.2 Å². The summed E-state index contributed by atoms with van der Waals surface area (Å²) in [5.41, 5.74) is 3.01. The van der Waals surface area contributed by atoms with E-state index in [4.69, 9.17) is 17.3 Å². The van der Waals surface area contributed by atoms with E-state index in [0.29, 0.717) is 4.91 Å². The Bertz CT molecular complexity index is 1100. The Labute approximate surface area is 164 Å². The van der Waals surface area contributed by atoms with Crippen molar-refractivity contribution < 1.29 is 14.7 Å². The maximum absolute atomic E-state index is 12.4. The quantitative estimate of drug-likeness (QED) is 0.537. The summed E-state index contributed by atoms with van der Waals surface area (Å²) in [5.74, 6) is -1.45. The number of hydrogen-bond donors (Lipinski definition) is 1. The number of carbonyl (C=O) groups excluding carboxylic acids is 1. The summed E-state index contributed by atoms with van der Waals surface area (Å²) in [4.78, 5) is 24.8. The van der Waals surface area contributed by atoms with Gasteiger partial charge < -0.3 is 9.67 Å². The minimum absolute atomic E-state index is 0.268. The van der Waals surface area contributed by atoms with Gasteiger partial charge in [0.25, 0.3) is 5.91 Å². The first kappa shape index (κ1) is 17.5. The molecule has 5 nitrogen and oxygen atoms in total. The summed E-state index contributed by atoms with van der Waals surface area (Å²) in [5, 5.41) is 9.97. The SMILES string of the molecule is O=C(O)CN1C(=O)C(=Cc2ccc3c(ccn3-c3ccccc3)c2)SC1=S. The van der Waals surface area contributed by atoms with Gasteiger partial charge in [-0.05, 0) is 42.0 Å². The summed E-state index contributed by atoms with van der Waals surface area (Å²) in [6.07, 6.45) is 3.76. The number of carboxylic acid groups (broad SMARTS) is 1. The molecule has 7 heteroatoms. The Hall–Kier alpha value is -2.90. The van der Waals surface area contributed by atoms with Gasteiger partial charge in [0.2, 0.25) is 0 Å². The number of carboxylic acids is 1. The molecule has 1 aliphatic heterocycles. The highest BCUT2D eigenvalue weighted by atomic mass is 32.2. The van der Waals surface area contributed by atoms with Crippen molar-refractivity contribution in [2.24, 2.45) is 0 Å². The molecule has 134 valence electrons. The van der Waals surface area contributed by atoms with Gasteiger partial charge in [0.1, 0.15) is 10.9 Å². The number of thioether (sulfide) groups is 1. The molecule has 1 aliphatic rings. The van der Waals surface area contributed by atoms with Crippen LogP contribution < -0.4 is 0 Å². The van der Waals surface area contributed by atoms with E-state index >= 15 is 0 Å². The number of para-hydroxylation sites is 1. The number of thiocarbonyl (C=S) groups is 1. The Morgan fingerprint density at radius 2 is 1.93 bits per heavy atom. The molecule has 0 spiro atoms. The molecule has 1 saturated heterocycles. The Kier molecular flexibility index (Phi) is 4.55. The second-order valence-corrected chi connectivity index (χ2v) is 7.68. The normalized spacial score (nSPS) is 15.9. The van der Waals surface area contributed by atoms with Gasteiger partial charge in [0, 0.05) is 17.3 Å². The molecule has 4 rings (SSSR count). The van der Waals surface area contributed by atoms with Crippen LogP contribution in [0.5, 0.6) is 0 Å². The lowest BCUT2D eigenvalue weighted by atomic mass is 10.1. The number of nitrogens with zero attached hydrogens (tertiary/aromatic N) is 2. The average Bonchev–Trinajstić information content (AvgIpc) is 3.18. The van der Waals surface area contributed by atoms with E-state index in [0.717, 1.165) is 38.8 Å². The first-order chi connectivity index (χ1) is 13.0. The van der Waals surface area contributed by atoms with Gasteiger partial charge in [0.15, 0.2) is 0 Å². The van der Waals surface area contributed by atoms with Gasteiger partial charge in [-0.15, -0.1) is 0 Å². The van der Waals surface area contributed by atoms with Crippen LogP contribution >= 0.6 is 24.0 Å². The third-order valence-electron chi connectivity index (χ3n) is 4.21. The van der Waals surface area contributed by atoms with Crippen LogP contribution in [-0.4, -0.2) is 37.3 Å². The van der Waals surface area contributed by atoms with Gasteiger partial charge >= 0.3 is 5.97 Å². The number of benzene rings is 2. The first-order valence-electron chi connectivity index (χ1n) is 8.16. The number of aromatic nitrogens is 1. The zero-order chi connectivity index (χ0) is 19.0. The number of carbonyl (C=O) groups is 2. The monoisotopic (exact) mass is 394 g/mol. The second-order valence-electron chi connectivity index (χ2n) is 6.00. The molecule has 0 saturated carbocycles. The number of amides is 1. The molecule has 0 radical (unpaired) electrons. The summed E-state index contributed by atoms with van der Waals surface area (Å²) >= 11 is 6.25. The van der Waals surface area contributed by atoms with Crippen molar-refractivity contribution in [1.82, 2.24) is 9.47 Å². The maximum atomic E-state index is 12.4. The third-order valence-corrected chi connectivity index (χ3v) is 5.59. The Balaban J connectivity index is 1.66. The average molecular weight is 394 g/mol. The molecule has 27 heavy (non-hydrogen) atoms. The van der Waals surface area contributed by atoms with Crippen molar-refractivity contribution in [3.8, 4) is 5.69 Å². The highest BCUT2D eigenvalue weighted by Gasteiger charge is 2.33. The van der Waals surface area contributed by atoms with E-state index in [1.165, 1.54) is 0 Å². The lowest BCUT2D eigenvalue weighted by Gasteiger charge is -2.10. The molecular formula is C20H14N2O3S2. The molecule has 2 aromatic carbocycles. The van der Waals surface area contributed by atoms with Crippen molar-refractivity contribution in [1.29, 1.82) is 0 Å². The summed E-state index contributed by atoms with van der Waals surface area (Å²) in [6, 6.07) is 18.0. The standard InChI is InChI=1S/C20H14N2O3S2/c23-18(24)12-22-19(25)17(27-20(22)26)11-13-6-7-16-14(10-13)8-9-21(16)15-4-2-1-3-5-15/h1-11H,12H2,(H,23,24). The number of rotatable bonds is 4. The Morgan fingerprint density at radius 1 is 1.15 bits per heavy atom. The van der Waals surface area contributed by atoms with Crippen LogP contribution in [0.4, 0.5) is 0 Å². The van der Waals surface area contributed by atoms with Crippen LogP contribution in [0, 0.1) is 0 Å². The van der Waals surface area contributed by atoms with Crippen molar-refractivity contribution in [2.75, 3.05) is 6.54 Å². The van der Waals surface area contributed by atoms with Crippen LogP contribution in [0.25, 0.3) is 22.7 Å². The lowest BCUT2D eigenvalue weighted by molar-refractivity contribution is -0.140. The van der Waals surface area contributed by atoms with E-state index in [9.17, 15) is 9.59 Å². The molecule has 1 N–H and O–H groups in total. The molecule has 0 unspecified atom stereocenters. The molecular weight excluding hydrogens is 380 g/mol. The molecule has 2 heterocycles. The second kappa shape index (κ2) is 7.02. The topological polar surface area (TPSA) is 62.5 Å². The number of fused-ring (bicyclic) bond motifs is 1. The van der Waals surface area contributed by atoms with E-state index in [-0.39, 0.29) is 10.2 Å². The van der Waals surface area contributed by atoms with Crippen molar-refractivity contribution in [3.05, 3.63) is 71.3 Å². The summed E-state index contributed by atoms with van der Waals surface area (Å²) in [6.45, 7) is -0.416. The number of aliphatic carboxylic acids is 1. The van der Waals surface area contributed by atoms with Gasteiger partial charge in [-0.3, -0.25) is 14.5 Å². The molecule has 0 atom stereocenters. The van der Waals surface area contributed by atoms with Gasteiger partial charge in [0.05, 0.1) is 10.4 Å². The molecule has 1 fully saturated rings. The van der Waals surface area contributed by atoms with E-state index < -0.39 is 12.5 Å². The number of hydrogen-bond acceptors (Lipinski definition) is 4. The first-order valence-corrected chi connectivity index (χ1v) is 9.39. The smallest absolute Gasteiger partial charge is 0.323 e. The third kappa shape index (κ3) is 3.39. The van der Waals surface area contributed by atoms with Crippen LogP contribution in [0.1, 0.15) is 5.56 Å². The van der Waals surface area contributed by atoms with Crippen LogP contribution in [-0.2, 0) is 9.59 Å². The molecule has 1 amide bonds. The van der Waals surface area contributed by atoms with Gasteiger partial charge in [-0.25, -0.2) is 0 Å². The fourth-order valence-electron chi connectivity index (χ4n) is 2.99. The zero-order valence-corrected chi connectivity index (χ0v) is 15.7. The zero-order valence-electron chi connectivity index (χ0n) is 14.0. The molecule has 0 bridgehead atoms. The predicted octanol–water partition coefficient (Wildman–Crippen LogP) is 3.92. The minimum atomic E-state index is -1.09. The highest BCUT2D eigenvalue weighted by Crippen LogP contribution is 2.33. The minimum Gasteiger partial charge on any atom is -0.480 e. The summed E-state index contributed by atoms with van der Waals surface area (Å²) < 4.78 is 2.37. The lowest BCUT2D eigenvalue weighted by Crippen LogP contribution is -2.33. The van der Waals surface area contributed by atoms with Crippen LogP contribution in [0.2, 0.25) is 0 Å². The predicted molar refractivity (Wildman–Crippen MR) is 111 cm³/mol. The Morgan fingerprint density at radius 3 is 2.67 bits per heavy atom. The van der Waals surface area contributed by atoms with Crippen LogP contribution in [0.15, 0.2) is 65.7 Å². The fraction of sp³-hybridized carbons (Fsp3) is 0.0500. The molecule has 1 aromatic heterocycles. The van der Waals surface area contributed by atoms with E-state index in [1.807, 2.05) is 60.8 Å². The van der Waals surface area contributed by atoms with E-state index in [1.54, 1.807) is 6.08 Å². The highest BCUT2D eigenvalue weighted by molar-refractivity contribution is 8.26. The molecule has 3 aromatic rings. The summed E-state index contributed by atoms with van der Waals surface area (Å²) in [7, 11) is 0. The van der Waals surface area contributed by atoms with Crippen molar-refractivity contribution in [2.45, 2.75) is 0 Å². The van der Waals surface area contributed by atoms with Crippen molar-refractivity contribution >= 4 is 57.2 Å². The maximum Gasteiger partial charge on any atom is 0.323 e. The molecule has 0 aliphatic carbocycles. The van der Waals surface area contributed by atoms with Crippen molar-refractivity contribution in [3.63, 3.8) is 0 Å². The van der Waals surface area contributed by atoms with Gasteiger partial charge in [-0.2, -0.15) is 0 Å².